The summed E-state index contributed by atoms with van der Waals surface area (Å²) in [5, 5.41) is 9.28. The summed E-state index contributed by atoms with van der Waals surface area (Å²) in [6, 6.07) is 11.5. The number of piperidine rings is 1. The third-order valence-corrected chi connectivity index (χ3v) is 5.85. The quantitative estimate of drug-likeness (QED) is 0.561. The van der Waals surface area contributed by atoms with Crippen molar-refractivity contribution >= 4 is 16.7 Å². The average Bonchev–Trinajstić information content (AvgIpc) is 2.82. The summed E-state index contributed by atoms with van der Waals surface area (Å²) in [6.45, 7) is 3.02. The lowest BCUT2D eigenvalue weighted by molar-refractivity contribution is -0.137. The number of aromatic nitrogens is 2. The van der Waals surface area contributed by atoms with E-state index in [9.17, 15) is 23.2 Å². The SMILES string of the molecule is CCO[C@H]1CN(c2cc(=O)n(C)c3ccc(C#N)nc23)CC[C@@H]1Oc1cccc(C(F)(F)F)c1. The summed E-state index contributed by atoms with van der Waals surface area (Å²) in [7, 11) is 1.64. The van der Waals surface area contributed by atoms with Crippen LogP contribution < -0.4 is 15.2 Å². The maximum atomic E-state index is 13.1. The van der Waals surface area contributed by atoms with Crippen molar-refractivity contribution < 1.29 is 22.6 Å². The summed E-state index contributed by atoms with van der Waals surface area (Å²) in [4.78, 5) is 18.9. The van der Waals surface area contributed by atoms with Crippen LogP contribution in [0.3, 0.4) is 0 Å². The van der Waals surface area contributed by atoms with Crippen molar-refractivity contribution in [1.29, 1.82) is 5.26 Å². The predicted molar refractivity (Wildman–Crippen MR) is 120 cm³/mol. The Bertz CT molecular complexity index is 1300. The molecule has 7 nitrogen and oxygen atoms in total. The van der Waals surface area contributed by atoms with Gasteiger partial charge in [0.25, 0.3) is 5.56 Å². The van der Waals surface area contributed by atoms with E-state index in [4.69, 9.17) is 9.47 Å². The standard InChI is InChI=1S/C24H23F3N4O3/c1-3-33-21-14-31(10-9-20(21)34-17-6-4-5-15(11-17)24(25,26)27)19-12-22(32)30(2)18-8-7-16(13-28)29-23(18)19/h4-8,11-12,20-21H,3,9-10,14H2,1-2H3/t20-,21-/m0/s1. The van der Waals surface area contributed by atoms with Crippen LogP contribution >= 0.6 is 0 Å². The normalized spacial score (nSPS) is 18.6. The smallest absolute Gasteiger partial charge is 0.416 e. The first-order chi connectivity index (χ1) is 16.2. The van der Waals surface area contributed by atoms with Gasteiger partial charge in [-0.25, -0.2) is 4.98 Å². The van der Waals surface area contributed by atoms with E-state index in [1.807, 2.05) is 17.9 Å². The van der Waals surface area contributed by atoms with E-state index in [0.717, 1.165) is 12.1 Å². The van der Waals surface area contributed by atoms with E-state index in [1.165, 1.54) is 22.8 Å². The molecule has 1 saturated heterocycles. The first-order valence-corrected chi connectivity index (χ1v) is 10.8. The molecular formula is C24H23F3N4O3. The molecule has 0 saturated carbocycles. The van der Waals surface area contributed by atoms with Crippen LogP contribution in [0.5, 0.6) is 5.75 Å². The minimum absolute atomic E-state index is 0.123. The average molecular weight is 472 g/mol. The van der Waals surface area contributed by atoms with Gasteiger partial charge in [-0.2, -0.15) is 18.4 Å². The number of rotatable bonds is 5. The lowest BCUT2D eigenvalue weighted by Gasteiger charge is -2.39. The van der Waals surface area contributed by atoms with Gasteiger partial charge in [-0.1, -0.05) is 6.07 Å². The van der Waals surface area contributed by atoms with Gasteiger partial charge >= 0.3 is 6.18 Å². The number of ether oxygens (including phenoxy) is 2. The number of alkyl halides is 3. The van der Waals surface area contributed by atoms with Gasteiger partial charge in [0, 0.05) is 39.2 Å². The second kappa shape index (κ2) is 9.35. The second-order valence-electron chi connectivity index (χ2n) is 8.01. The first kappa shape index (κ1) is 23.6. The summed E-state index contributed by atoms with van der Waals surface area (Å²) < 4.78 is 52.5. The Morgan fingerprint density at radius 2 is 2.00 bits per heavy atom. The molecule has 0 unspecified atom stereocenters. The number of benzene rings is 1. The van der Waals surface area contributed by atoms with Gasteiger partial charge in [-0.15, -0.1) is 0 Å². The van der Waals surface area contributed by atoms with Gasteiger partial charge in [-0.05, 0) is 37.3 Å². The highest BCUT2D eigenvalue weighted by atomic mass is 19.4. The molecule has 34 heavy (non-hydrogen) atoms. The number of pyridine rings is 2. The van der Waals surface area contributed by atoms with Gasteiger partial charge in [0.1, 0.15) is 35.2 Å². The molecule has 1 aliphatic heterocycles. The topological polar surface area (TPSA) is 80.4 Å². The molecule has 0 spiro atoms. The summed E-state index contributed by atoms with van der Waals surface area (Å²) >= 11 is 0. The molecule has 1 aliphatic rings. The van der Waals surface area contributed by atoms with Gasteiger partial charge in [0.05, 0.1) is 16.8 Å². The molecule has 2 aromatic heterocycles. The molecule has 1 aromatic carbocycles. The number of hydrogen-bond acceptors (Lipinski definition) is 6. The largest absolute Gasteiger partial charge is 0.488 e. The van der Waals surface area contributed by atoms with E-state index < -0.39 is 23.9 Å². The van der Waals surface area contributed by atoms with Crippen molar-refractivity contribution in [3.8, 4) is 11.8 Å². The molecule has 10 heteroatoms. The number of anilines is 1. The maximum Gasteiger partial charge on any atom is 0.416 e. The minimum atomic E-state index is -4.46. The van der Waals surface area contributed by atoms with Crippen LogP contribution in [0, 0.1) is 11.3 Å². The van der Waals surface area contributed by atoms with Gasteiger partial charge in [0.2, 0.25) is 0 Å². The highest BCUT2D eigenvalue weighted by Crippen LogP contribution is 2.33. The zero-order valence-corrected chi connectivity index (χ0v) is 18.7. The molecule has 3 aromatic rings. The molecule has 3 heterocycles. The molecule has 4 rings (SSSR count). The Labute approximate surface area is 194 Å². The van der Waals surface area contributed by atoms with Crippen LogP contribution in [0.4, 0.5) is 18.9 Å². The predicted octanol–water partition coefficient (Wildman–Crippen LogP) is 3.89. The van der Waals surface area contributed by atoms with Crippen LogP contribution in [0.15, 0.2) is 47.3 Å². The molecule has 0 bridgehead atoms. The molecule has 1 fully saturated rings. The Morgan fingerprint density at radius 1 is 1.21 bits per heavy atom. The number of nitrogens with zero attached hydrogens (tertiary/aromatic N) is 4. The van der Waals surface area contributed by atoms with Crippen LogP contribution in [-0.4, -0.2) is 41.5 Å². The lowest BCUT2D eigenvalue weighted by Crippen LogP contribution is -2.50. The van der Waals surface area contributed by atoms with Crippen molar-refractivity contribution in [1.82, 2.24) is 9.55 Å². The first-order valence-electron chi connectivity index (χ1n) is 10.8. The maximum absolute atomic E-state index is 13.1. The Kier molecular flexibility index (Phi) is 6.48. The van der Waals surface area contributed by atoms with E-state index in [2.05, 4.69) is 4.98 Å². The van der Waals surface area contributed by atoms with Crippen LogP contribution in [0.25, 0.3) is 11.0 Å². The molecule has 178 valence electrons. The molecular weight excluding hydrogens is 449 g/mol. The summed E-state index contributed by atoms with van der Waals surface area (Å²) in [6.07, 6.45) is -4.93. The van der Waals surface area contributed by atoms with Gasteiger partial charge in [0.15, 0.2) is 0 Å². The number of hydrogen-bond donors (Lipinski definition) is 0. The highest BCUT2D eigenvalue weighted by molar-refractivity contribution is 5.88. The minimum Gasteiger partial charge on any atom is -0.488 e. The van der Waals surface area contributed by atoms with Crippen molar-refractivity contribution in [2.24, 2.45) is 7.05 Å². The molecule has 0 amide bonds. The van der Waals surface area contributed by atoms with Crippen molar-refractivity contribution in [3.05, 3.63) is 64.1 Å². The van der Waals surface area contributed by atoms with Crippen LogP contribution in [0.1, 0.15) is 24.6 Å². The van der Waals surface area contributed by atoms with Crippen molar-refractivity contribution in [3.63, 3.8) is 0 Å². The number of halogens is 3. The zero-order valence-electron chi connectivity index (χ0n) is 18.7. The van der Waals surface area contributed by atoms with Gasteiger partial charge in [-0.3, -0.25) is 4.79 Å². The second-order valence-corrected chi connectivity index (χ2v) is 8.01. The fourth-order valence-electron chi connectivity index (χ4n) is 4.16. The fraction of sp³-hybridized carbons (Fsp3) is 0.375. The Balaban J connectivity index is 1.63. The number of aryl methyl sites for hydroxylation is 1. The lowest BCUT2D eigenvalue weighted by atomic mass is 10.0. The van der Waals surface area contributed by atoms with E-state index in [-0.39, 0.29) is 17.0 Å². The summed E-state index contributed by atoms with van der Waals surface area (Å²) in [5.41, 5.74) is 0.935. The Hall–Kier alpha value is -3.58. The fourth-order valence-corrected chi connectivity index (χ4v) is 4.16. The third-order valence-electron chi connectivity index (χ3n) is 5.85. The monoisotopic (exact) mass is 472 g/mol. The summed E-state index contributed by atoms with van der Waals surface area (Å²) in [5.74, 6) is 0.123. The number of nitriles is 1. The van der Waals surface area contributed by atoms with E-state index in [0.29, 0.717) is 42.8 Å². The highest BCUT2D eigenvalue weighted by Gasteiger charge is 2.34. The molecule has 0 radical (unpaired) electrons. The molecule has 0 aliphatic carbocycles. The third kappa shape index (κ3) is 4.70. The zero-order chi connectivity index (χ0) is 24.5. The number of fused-ring (bicyclic) bond motifs is 1. The van der Waals surface area contributed by atoms with Gasteiger partial charge < -0.3 is 18.9 Å². The Morgan fingerprint density at radius 3 is 2.71 bits per heavy atom. The van der Waals surface area contributed by atoms with Crippen molar-refractivity contribution in [2.45, 2.75) is 31.7 Å². The van der Waals surface area contributed by atoms with Crippen molar-refractivity contribution in [2.75, 3.05) is 24.6 Å². The van der Waals surface area contributed by atoms with E-state index in [1.54, 1.807) is 19.2 Å². The molecule has 2 atom stereocenters. The van der Waals surface area contributed by atoms with Crippen LogP contribution in [0.2, 0.25) is 0 Å². The van der Waals surface area contributed by atoms with E-state index >= 15 is 0 Å². The van der Waals surface area contributed by atoms with Crippen LogP contribution in [-0.2, 0) is 18.0 Å². The molecule has 0 N–H and O–H groups in total.